The fourth-order valence-electron chi connectivity index (χ4n) is 3.08. The number of carbonyl (C=O) groups is 2. The number of benzene rings is 2. The van der Waals surface area contributed by atoms with Gasteiger partial charge in [-0.05, 0) is 36.4 Å². The minimum Gasteiger partial charge on any atom is -0.354 e. The molecule has 148 valence electrons. The lowest BCUT2D eigenvalue weighted by Crippen LogP contribution is -2.13. The van der Waals surface area contributed by atoms with Crippen LogP contribution in [0.4, 0.5) is 22.7 Å². The lowest BCUT2D eigenvalue weighted by molar-refractivity contribution is -0.114. The van der Waals surface area contributed by atoms with Crippen LogP contribution in [0, 0.1) is 0 Å². The summed E-state index contributed by atoms with van der Waals surface area (Å²) in [5.41, 5.74) is 3.87. The summed E-state index contributed by atoms with van der Waals surface area (Å²) in [6.07, 6.45) is 4.83. The van der Waals surface area contributed by atoms with Gasteiger partial charge in [0.2, 0.25) is 5.91 Å². The van der Waals surface area contributed by atoms with Crippen molar-refractivity contribution in [2.75, 3.05) is 16.0 Å². The van der Waals surface area contributed by atoms with E-state index in [0.717, 1.165) is 16.6 Å². The van der Waals surface area contributed by atoms with Crippen LogP contribution in [0.3, 0.4) is 0 Å². The number of carbonyl (C=O) groups excluding carboxylic acids is 2. The molecular formula is C23H19N5O2. The third-order valence-corrected chi connectivity index (χ3v) is 4.35. The summed E-state index contributed by atoms with van der Waals surface area (Å²) in [5, 5.41) is 9.79. The molecule has 4 rings (SSSR count). The molecule has 0 bridgehead atoms. The average Bonchev–Trinajstić information content (AvgIpc) is 2.74. The van der Waals surface area contributed by atoms with Crippen LogP contribution in [0.5, 0.6) is 0 Å². The Labute approximate surface area is 173 Å². The monoisotopic (exact) mass is 397 g/mol. The molecule has 0 aliphatic heterocycles. The molecule has 3 N–H and O–H groups in total. The number of aromatic nitrogens is 2. The van der Waals surface area contributed by atoms with Crippen molar-refractivity contribution >= 4 is 45.5 Å². The molecule has 2 aromatic carbocycles. The molecule has 0 saturated carbocycles. The smallest absolute Gasteiger partial charge is 0.257 e. The zero-order chi connectivity index (χ0) is 20.9. The number of para-hydroxylation sites is 1. The minimum atomic E-state index is -0.281. The van der Waals surface area contributed by atoms with Crippen molar-refractivity contribution in [2.45, 2.75) is 6.92 Å². The standard InChI is InChI=1S/C23H19N5O2/c1-15(29)26-18-7-3-8-19(12-18)27-20-11-17(13-24-14-20)23(30)28-21-9-2-5-16-6-4-10-25-22(16)21/h2-14,27H,1H3,(H,26,29)(H,28,30). The van der Waals surface area contributed by atoms with Crippen molar-refractivity contribution < 1.29 is 9.59 Å². The van der Waals surface area contributed by atoms with E-state index in [1.54, 1.807) is 30.6 Å². The highest BCUT2D eigenvalue weighted by molar-refractivity contribution is 6.08. The summed E-state index contributed by atoms with van der Waals surface area (Å²) in [6, 6.07) is 18.4. The lowest BCUT2D eigenvalue weighted by atomic mass is 10.1. The Morgan fingerprint density at radius 1 is 0.833 bits per heavy atom. The molecule has 0 radical (unpaired) electrons. The van der Waals surface area contributed by atoms with E-state index in [9.17, 15) is 9.59 Å². The highest BCUT2D eigenvalue weighted by Crippen LogP contribution is 2.23. The van der Waals surface area contributed by atoms with Gasteiger partial charge in [0.05, 0.1) is 28.7 Å². The maximum absolute atomic E-state index is 12.8. The predicted octanol–water partition coefficient (Wildman–Crippen LogP) is 4.58. The van der Waals surface area contributed by atoms with Gasteiger partial charge in [0.1, 0.15) is 0 Å². The van der Waals surface area contributed by atoms with Crippen LogP contribution in [0.2, 0.25) is 0 Å². The zero-order valence-corrected chi connectivity index (χ0v) is 16.2. The SMILES string of the molecule is CC(=O)Nc1cccc(Nc2cncc(C(=O)Nc3cccc4cccnc34)c2)c1. The van der Waals surface area contributed by atoms with Crippen molar-refractivity contribution in [2.24, 2.45) is 0 Å². The topological polar surface area (TPSA) is 96.0 Å². The summed E-state index contributed by atoms with van der Waals surface area (Å²) < 4.78 is 0. The van der Waals surface area contributed by atoms with Crippen molar-refractivity contribution in [1.82, 2.24) is 9.97 Å². The largest absolute Gasteiger partial charge is 0.354 e. The summed E-state index contributed by atoms with van der Waals surface area (Å²) in [4.78, 5) is 32.6. The average molecular weight is 397 g/mol. The van der Waals surface area contributed by atoms with Crippen LogP contribution in [0.25, 0.3) is 10.9 Å². The fraction of sp³-hybridized carbons (Fsp3) is 0.0435. The second-order valence-corrected chi connectivity index (χ2v) is 6.68. The van der Waals surface area contributed by atoms with Crippen molar-refractivity contribution in [1.29, 1.82) is 0 Å². The first-order chi connectivity index (χ1) is 14.6. The van der Waals surface area contributed by atoms with Crippen LogP contribution in [0.1, 0.15) is 17.3 Å². The number of fused-ring (bicyclic) bond motifs is 1. The van der Waals surface area contributed by atoms with Crippen molar-refractivity contribution in [3.8, 4) is 0 Å². The first-order valence-electron chi connectivity index (χ1n) is 9.33. The molecule has 4 aromatic rings. The Hall–Kier alpha value is -4.26. The molecule has 0 aliphatic rings. The maximum Gasteiger partial charge on any atom is 0.257 e. The van der Waals surface area contributed by atoms with Crippen LogP contribution in [-0.4, -0.2) is 21.8 Å². The van der Waals surface area contributed by atoms with Gasteiger partial charge in [-0.2, -0.15) is 0 Å². The molecule has 2 amide bonds. The van der Waals surface area contributed by atoms with E-state index in [1.165, 1.54) is 13.1 Å². The number of rotatable bonds is 5. The van der Waals surface area contributed by atoms with Crippen molar-refractivity contribution in [3.63, 3.8) is 0 Å². The highest BCUT2D eigenvalue weighted by atomic mass is 16.2. The molecule has 0 fully saturated rings. The first kappa shape index (κ1) is 19.1. The Morgan fingerprint density at radius 3 is 2.50 bits per heavy atom. The quantitative estimate of drug-likeness (QED) is 0.458. The third-order valence-electron chi connectivity index (χ3n) is 4.35. The third kappa shape index (κ3) is 4.41. The molecule has 0 unspecified atom stereocenters. The number of hydrogen-bond donors (Lipinski definition) is 3. The van der Waals surface area contributed by atoms with Gasteiger partial charge < -0.3 is 16.0 Å². The van der Waals surface area contributed by atoms with Gasteiger partial charge in [-0.15, -0.1) is 0 Å². The Kier molecular flexibility index (Phi) is 5.34. The Morgan fingerprint density at radius 2 is 1.63 bits per heavy atom. The zero-order valence-electron chi connectivity index (χ0n) is 16.2. The fourth-order valence-corrected chi connectivity index (χ4v) is 3.08. The number of hydrogen-bond acceptors (Lipinski definition) is 5. The Balaban J connectivity index is 1.53. The van der Waals surface area contributed by atoms with E-state index < -0.39 is 0 Å². The minimum absolute atomic E-state index is 0.143. The maximum atomic E-state index is 12.8. The first-order valence-corrected chi connectivity index (χ1v) is 9.33. The molecule has 2 heterocycles. The Bertz CT molecular complexity index is 1230. The van der Waals surface area contributed by atoms with E-state index in [1.807, 2.05) is 42.5 Å². The van der Waals surface area contributed by atoms with Crippen LogP contribution in [0.15, 0.2) is 79.3 Å². The van der Waals surface area contributed by atoms with Gasteiger partial charge in [-0.25, -0.2) is 0 Å². The van der Waals surface area contributed by atoms with Gasteiger partial charge >= 0.3 is 0 Å². The van der Waals surface area contributed by atoms with Gasteiger partial charge in [0.15, 0.2) is 0 Å². The van der Waals surface area contributed by atoms with E-state index in [-0.39, 0.29) is 11.8 Å². The summed E-state index contributed by atoms with van der Waals surface area (Å²) in [6.45, 7) is 1.46. The number of nitrogens with one attached hydrogen (secondary N) is 3. The van der Waals surface area contributed by atoms with E-state index in [4.69, 9.17) is 0 Å². The summed E-state index contributed by atoms with van der Waals surface area (Å²) in [7, 11) is 0. The molecule has 0 atom stereocenters. The van der Waals surface area contributed by atoms with Crippen LogP contribution < -0.4 is 16.0 Å². The van der Waals surface area contributed by atoms with E-state index in [0.29, 0.717) is 22.6 Å². The molecule has 7 heteroatoms. The number of nitrogens with zero attached hydrogens (tertiary/aromatic N) is 2. The molecule has 0 aliphatic carbocycles. The molecular weight excluding hydrogens is 378 g/mol. The second-order valence-electron chi connectivity index (χ2n) is 6.68. The second kappa shape index (κ2) is 8.40. The lowest BCUT2D eigenvalue weighted by Gasteiger charge is -2.11. The van der Waals surface area contributed by atoms with Gasteiger partial charge in [0, 0.05) is 36.1 Å². The van der Waals surface area contributed by atoms with Gasteiger partial charge in [-0.3, -0.25) is 19.6 Å². The number of pyridine rings is 2. The summed E-state index contributed by atoms with van der Waals surface area (Å²) >= 11 is 0. The van der Waals surface area contributed by atoms with Gasteiger partial charge in [-0.1, -0.05) is 24.3 Å². The molecule has 30 heavy (non-hydrogen) atoms. The normalized spacial score (nSPS) is 10.4. The summed E-state index contributed by atoms with van der Waals surface area (Å²) in [5.74, 6) is -0.424. The highest BCUT2D eigenvalue weighted by Gasteiger charge is 2.10. The molecule has 2 aromatic heterocycles. The number of amides is 2. The van der Waals surface area contributed by atoms with E-state index in [2.05, 4.69) is 25.9 Å². The molecule has 0 saturated heterocycles. The number of anilines is 4. The molecule has 7 nitrogen and oxygen atoms in total. The molecule has 0 spiro atoms. The van der Waals surface area contributed by atoms with Crippen molar-refractivity contribution in [3.05, 3.63) is 84.8 Å². The van der Waals surface area contributed by atoms with E-state index >= 15 is 0 Å². The van der Waals surface area contributed by atoms with Crippen LogP contribution >= 0.6 is 0 Å². The van der Waals surface area contributed by atoms with Gasteiger partial charge in [0.25, 0.3) is 5.91 Å². The predicted molar refractivity (Wildman–Crippen MR) is 118 cm³/mol. The van der Waals surface area contributed by atoms with Crippen LogP contribution in [-0.2, 0) is 4.79 Å².